The van der Waals surface area contributed by atoms with Gasteiger partial charge in [-0.2, -0.15) is 0 Å². The zero-order valence-corrected chi connectivity index (χ0v) is 13.8. The van der Waals surface area contributed by atoms with Crippen molar-refractivity contribution in [1.82, 2.24) is 9.88 Å². The van der Waals surface area contributed by atoms with E-state index in [4.69, 9.17) is 5.11 Å². The standard InChI is InChI=1S/C18H21FN2O3/c1-12-11-16(18(24)20-10-4-3-5-17(22)23)13(2)21(12)15-8-6-14(19)7-9-15/h6-9,11H,3-5,10H2,1-2H3,(H,20,24)(H,22,23). The molecule has 0 saturated heterocycles. The van der Waals surface area contributed by atoms with Gasteiger partial charge in [0.05, 0.1) is 5.56 Å². The van der Waals surface area contributed by atoms with E-state index in [9.17, 15) is 14.0 Å². The van der Waals surface area contributed by atoms with Crippen LogP contribution in [-0.2, 0) is 4.79 Å². The average molecular weight is 332 g/mol. The molecule has 1 aromatic heterocycles. The molecule has 128 valence electrons. The number of aromatic nitrogens is 1. The molecule has 2 rings (SSSR count). The summed E-state index contributed by atoms with van der Waals surface area (Å²) < 4.78 is 15.0. The van der Waals surface area contributed by atoms with Gasteiger partial charge in [0.2, 0.25) is 0 Å². The predicted molar refractivity (Wildman–Crippen MR) is 89.0 cm³/mol. The molecule has 6 heteroatoms. The summed E-state index contributed by atoms with van der Waals surface area (Å²) in [6.07, 6.45) is 1.26. The van der Waals surface area contributed by atoms with Crippen molar-refractivity contribution in [2.75, 3.05) is 6.54 Å². The molecular formula is C18H21FN2O3. The second-order valence-electron chi connectivity index (χ2n) is 5.70. The van der Waals surface area contributed by atoms with E-state index in [-0.39, 0.29) is 18.1 Å². The minimum Gasteiger partial charge on any atom is -0.481 e. The van der Waals surface area contributed by atoms with Gasteiger partial charge in [0.1, 0.15) is 5.82 Å². The molecule has 0 saturated carbocycles. The summed E-state index contributed by atoms with van der Waals surface area (Å²) in [7, 11) is 0. The number of aryl methyl sites for hydroxylation is 1. The van der Waals surface area contributed by atoms with E-state index in [1.807, 2.05) is 18.4 Å². The molecular weight excluding hydrogens is 311 g/mol. The third-order valence-corrected chi connectivity index (χ3v) is 3.86. The lowest BCUT2D eigenvalue weighted by Crippen LogP contribution is -2.25. The van der Waals surface area contributed by atoms with Crippen molar-refractivity contribution in [2.24, 2.45) is 0 Å². The maximum absolute atomic E-state index is 13.1. The van der Waals surface area contributed by atoms with Gasteiger partial charge < -0.3 is 15.0 Å². The highest BCUT2D eigenvalue weighted by atomic mass is 19.1. The highest BCUT2D eigenvalue weighted by molar-refractivity contribution is 5.95. The zero-order chi connectivity index (χ0) is 17.7. The van der Waals surface area contributed by atoms with Crippen LogP contribution in [0, 0.1) is 19.7 Å². The number of hydrogen-bond acceptors (Lipinski definition) is 2. The summed E-state index contributed by atoms with van der Waals surface area (Å²) in [6.45, 7) is 4.17. The monoisotopic (exact) mass is 332 g/mol. The molecule has 24 heavy (non-hydrogen) atoms. The van der Waals surface area contributed by atoms with E-state index < -0.39 is 5.97 Å². The molecule has 0 bridgehead atoms. The van der Waals surface area contributed by atoms with Gasteiger partial charge >= 0.3 is 5.97 Å². The highest BCUT2D eigenvalue weighted by Crippen LogP contribution is 2.21. The number of carbonyl (C=O) groups excluding carboxylic acids is 1. The smallest absolute Gasteiger partial charge is 0.303 e. The number of hydrogen-bond donors (Lipinski definition) is 2. The molecule has 5 nitrogen and oxygen atoms in total. The van der Waals surface area contributed by atoms with Gasteiger partial charge in [-0.05, 0) is 57.0 Å². The first-order valence-corrected chi connectivity index (χ1v) is 7.85. The lowest BCUT2D eigenvalue weighted by molar-refractivity contribution is -0.137. The van der Waals surface area contributed by atoms with Crippen molar-refractivity contribution in [2.45, 2.75) is 33.1 Å². The summed E-state index contributed by atoms with van der Waals surface area (Å²) in [5.41, 5.74) is 3.03. The van der Waals surface area contributed by atoms with Crippen molar-refractivity contribution in [3.05, 3.63) is 53.1 Å². The quantitative estimate of drug-likeness (QED) is 0.765. The number of rotatable bonds is 7. The largest absolute Gasteiger partial charge is 0.481 e. The van der Waals surface area contributed by atoms with Gasteiger partial charge in [-0.1, -0.05) is 0 Å². The SMILES string of the molecule is Cc1cc(C(=O)NCCCCC(=O)O)c(C)n1-c1ccc(F)cc1. The number of nitrogens with zero attached hydrogens (tertiary/aromatic N) is 1. The Morgan fingerprint density at radius 3 is 2.46 bits per heavy atom. The van der Waals surface area contributed by atoms with E-state index in [0.717, 1.165) is 17.1 Å². The predicted octanol–water partition coefficient (Wildman–Crippen LogP) is 3.22. The van der Waals surface area contributed by atoms with E-state index in [2.05, 4.69) is 5.32 Å². The Morgan fingerprint density at radius 2 is 1.83 bits per heavy atom. The summed E-state index contributed by atoms with van der Waals surface area (Å²) in [5, 5.41) is 11.4. The van der Waals surface area contributed by atoms with Crippen LogP contribution in [0.25, 0.3) is 5.69 Å². The zero-order valence-electron chi connectivity index (χ0n) is 13.8. The summed E-state index contributed by atoms with van der Waals surface area (Å²) >= 11 is 0. The minimum absolute atomic E-state index is 0.106. The fourth-order valence-electron chi connectivity index (χ4n) is 2.68. The molecule has 0 aliphatic heterocycles. The third kappa shape index (κ3) is 4.22. The topological polar surface area (TPSA) is 71.3 Å². The first kappa shape index (κ1) is 17.7. The average Bonchev–Trinajstić information content (AvgIpc) is 2.82. The summed E-state index contributed by atoms with van der Waals surface area (Å²) in [5.74, 6) is -1.32. The van der Waals surface area contributed by atoms with Crippen LogP contribution in [0.3, 0.4) is 0 Å². The maximum atomic E-state index is 13.1. The van der Waals surface area contributed by atoms with Crippen molar-refractivity contribution in [3.8, 4) is 5.69 Å². The van der Waals surface area contributed by atoms with Gasteiger partial charge in [-0.3, -0.25) is 9.59 Å². The Labute approximate surface area is 140 Å². The third-order valence-electron chi connectivity index (χ3n) is 3.86. The number of benzene rings is 1. The molecule has 0 aliphatic carbocycles. The van der Waals surface area contributed by atoms with Gasteiger partial charge in [0, 0.05) is 30.0 Å². The van der Waals surface area contributed by atoms with Gasteiger partial charge in [0.15, 0.2) is 0 Å². The molecule has 0 fully saturated rings. The first-order chi connectivity index (χ1) is 11.4. The molecule has 2 aromatic rings. The fraction of sp³-hybridized carbons (Fsp3) is 0.333. The van der Waals surface area contributed by atoms with Crippen LogP contribution in [-0.4, -0.2) is 28.1 Å². The number of carbonyl (C=O) groups is 2. The van der Waals surface area contributed by atoms with Gasteiger partial charge in [-0.15, -0.1) is 0 Å². The van der Waals surface area contributed by atoms with Crippen LogP contribution in [0.15, 0.2) is 30.3 Å². The molecule has 1 amide bonds. The Kier molecular flexibility index (Phi) is 5.73. The second-order valence-corrected chi connectivity index (χ2v) is 5.70. The Bertz CT molecular complexity index is 735. The molecule has 1 aromatic carbocycles. The number of halogens is 1. The minimum atomic E-state index is -0.829. The van der Waals surface area contributed by atoms with Crippen LogP contribution in [0.5, 0.6) is 0 Å². The number of carboxylic acids is 1. The van der Waals surface area contributed by atoms with Crippen LogP contribution >= 0.6 is 0 Å². The Morgan fingerprint density at radius 1 is 1.17 bits per heavy atom. The van der Waals surface area contributed by atoms with E-state index >= 15 is 0 Å². The van der Waals surface area contributed by atoms with Crippen LogP contribution < -0.4 is 5.32 Å². The fourth-order valence-corrected chi connectivity index (χ4v) is 2.68. The molecule has 0 atom stereocenters. The van der Waals surface area contributed by atoms with Crippen LogP contribution in [0.4, 0.5) is 4.39 Å². The number of nitrogens with one attached hydrogen (secondary N) is 1. The number of carboxylic acid groups (broad SMARTS) is 1. The van der Waals surface area contributed by atoms with Gasteiger partial charge in [-0.25, -0.2) is 4.39 Å². The Hall–Kier alpha value is -2.63. The summed E-state index contributed by atoms with van der Waals surface area (Å²) in [4.78, 5) is 22.8. The van der Waals surface area contributed by atoms with E-state index in [1.165, 1.54) is 12.1 Å². The molecule has 0 radical (unpaired) electrons. The lowest BCUT2D eigenvalue weighted by atomic mass is 10.2. The van der Waals surface area contributed by atoms with Crippen LogP contribution in [0.1, 0.15) is 41.0 Å². The Balaban J connectivity index is 2.06. The van der Waals surface area contributed by atoms with Crippen molar-refractivity contribution < 1.29 is 19.1 Å². The molecule has 0 spiro atoms. The first-order valence-electron chi connectivity index (χ1n) is 7.85. The number of aliphatic carboxylic acids is 1. The number of amides is 1. The van der Waals surface area contributed by atoms with Gasteiger partial charge in [0.25, 0.3) is 5.91 Å². The van der Waals surface area contributed by atoms with Crippen molar-refractivity contribution in [1.29, 1.82) is 0 Å². The summed E-state index contributed by atoms with van der Waals surface area (Å²) in [6, 6.07) is 7.91. The normalized spacial score (nSPS) is 10.6. The molecule has 0 unspecified atom stereocenters. The van der Waals surface area contributed by atoms with Crippen molar-refractivity contribution in [3.63, 3.8) is 0 Å². The maximum Gasteiger partial charge on any atom is 0.303 e. The van der Waals surface area contributed by atoms with E-state index in [1.54, 1.807) is 18.2 Å². The molecule has 0 aliphatic rings. The van der Waals surface area contributed by atoms with Crippen molar-refractivity contribution >= 4 is 11.9 Å². The number of unbranched alkanes of at least 4 members (excludes halogenated alkanes) is 1. The lowest BCUT2D eigenvalue weighted by Gasteiger charge is -2.10. The molecule has 1 heterocycles. The molecule has 2 N–H and O–H groups in total. The van der Waals surface area contributed by atoms with Crippen LogP contribution in [0.2, 0.25) is 0 Å². The van der Waals surface area contributed by atoms with E-state index in [0.29, 0.717) is 24.9 Å². The second kappa shape index (κ2) is 7.77. The highest BCUT2D eigenvalue weighted by Gasteiger charge is 2.16.